The molecule has 0 saturated carbocycles. The van der Waals surface area contributed by atoms with E-state index in [-0.39, 0.29) is 0 Å². The van der Waals surface area contributed by atoms with Crippen LogP contribution in [0.2, 0.25) is 0 Å². The van der Waals surface area contributed by atoms with E-state index in [2.05, 4.69) is 41.3 Å². The molecule has 26 heavy (non-hydrogen) atoms. The van der Waals surface area contributed by atoms with Crippen LogP contribution in [0.1, 0.15) is 30.9 Å². The molecular formula is C22H29NO3. The Morgan fingerprint density at radius 3 is 2.73 bits per heavy atom. The van der Waals surface area contributed by atoms with Crippen molar-refractivity contribution in [2.45, 2.75) is 38.9 Å². The van der Waals surface area contributed by atoms with Gasteiger partial charge in [-0.05, 0) is 55.5 Å². The van der Waals surface area contributed by atoms with Crippen LogP contribution in [-0.4, -0.2) is 37.7 Å². The average Bonchev–Trinajstić information content (AvgIpc) is 2.68. The fourth-order valence-electron chi connectivity index (χ4n) is 3.44. The summed E-state index contributed by atoms with van der Waals surface area (Å²) in [7, 11) is 0. The molecule has 0 bridgehead atoms. The lowest BCUT2D eigenvalue weighted by atomic mass is 10.0. The first kappa shape index (κ1) is 18.7. The number of hydrogen-bond acceptors (Lipinski definition) is 4. The molecule has 0 saturated heterocycles. The molecule has 1 atom stereocenters. The zero-order valence-electron chi connectivity index (χ0n) is 15.6. The summed E-state index contributed by atoms with van der Waals surface area (Å²) >= 11 is 0. The molecule has 0 fully saturated rings. The van der Waals surface area contributed by atoms with Gasteiger partial charge in [0.2, 0.25) is 0 Å². The molecule has 0 spiro atoms. The predicted molar refractivity (Wildman–Crippen MR) is 105 cm³/mol. The lowest BCUT2D eigenvalue weighted by Crippen LogP contribution is -2.33. The van der Waals surface area contributed by atoms with E-state index in [0.29, 0.717) is 19.6 Å². The number of anilines is 1. The summed E-state index contributed by atoms with van der Waals surface area (Å²) in [6.45, 7) is 5.10. The van der Waals surface area contributed by atoms with Crippen LogP contribution in [0.15, 0.2) is 48.5 Å². The first-order chi connectivity index (χ1) is 12.8. The third-order valence-electron chi connectivity index (χ3n) is 4.80. The van der Waals surface area contributed by atoms with Gasteiger partial charge in [0.25, 0.3) is 0 Å². The third-order valence-corrected chi connectivity index (χ3v) is 4.80. The molecule has 140 valence electrons. The summed E-state index contributed by atoms with van der Waals surface area (Å²) in [5, 5.41) is 9.62. The van der Waals surface area contributed by atoms with Crippen LogP contribution in [0.5, 0.6) is 5.75 Å². The van der Waals surface area contributed by atoms with Gasteiger partial charge in [-0.25, -0.2) is 0 Å². The highest BCUT2D eigenvalue weighted by molar-refractivity contribution is 5.55. The molecular weight excluding hydrogens is 326 g/mol. The van der Waals surface area contributed by atoms with Gasteiger partial charge in [-0.2, -0.15) is 0 Å². The number of aliphatic hydroxyl groups excluding tert-OH is 1. The number of benzene rings is 2. The molecule has 0 radical (unpaired) electrons. The number of para-hydroxylation sites is 1. The van der Waals surface area contributed by atoms with Crippen molar-refractivity contribution in [3.05, 3.63) is 59.7 Å². The van der Waals surface area contributed by atoms with E-state index < -0.39 is 6.29 Å². The second-order valence-corrected chi connectivity index (χ2v) is 6.66. The van der Waals surface area contributed by atoms with Crippen LogP contribution in [-0.2, 0) is 17.6 Å². The van der Waals surface area contributed by atoms with E-state index >= 15 is 0 Å². The number of fused-ring (bicyclic) bond motifs is 1. The molecule has 3 rings (SSSR count). The topological polar surface area (TPSA) is 41.9 Å². The largest absolute Gasteiger partial charge is 0.492 e. The maximum Gasteiger partial charge on any atom is 0.154 e. The minimum absolute atomic E-state index is 0.537. The minimum Gasteiger partial charge on any atom is -0.492 e. The number of aryl methyl sites for hydroxylation is 2. The maximum atomic E-state index is 9.62. The summed E-state index contributed by atoms with van der Waals surface area (Å²) in [5.74, 6) is 0.893. The molecule has 0 aromatic heterocycles. The lowest BCUT2D eigenvalue weighted by molar-refractivity contribution is -0.0980. The Labute approximate surface area is 156 Å². The highest BCUT2D eigenvalue weighted by Gasteiger charge is 2.15. The molecule has 0 aliphatic carbocycles. The van der Waals surface area contributed by atoms with Gasteiger partial charge in [-0.15, -0.1) is 0 Å². The first-order valence-electron chi connectivity index (χ1n) is 9.60. The standard InChI is InChI=1S/C22H29NO3/c1-2-25-22(24)14-11-18-9-12-20(13-10-18)26-17-16-23-15-5-7-19-6-3-4-8-21(19)23/h3-4,6,8-10,12-13,22,24H,2,5,7,11,14-17H2,1H3. The van der Waals surface area contributed by atoms with Crippen LogP contribution >= 0.6 is 0 Å². The second-order valence-electron chi connectivity index (χ2n) is 6.66. The smallest absolute Gasteiger partial charge is 0.154 e. The molecule has 1 N–H and O–H groups in total. The zero-order chi connectivity index (χ0) is 18.2. The van der Waals surface area contributed by atoms with Crippen molar-refractivity contribution in [1.29, 1.82) is 0 Å². The van der Waals surface area contributed by atoms with Crippen molar-refractivity contribution < 1.29 is 14.6 Å². The van der Waals surface area contributed by atoms with Crippen molar-refractivity contribution in [3.8, 4) is 5.75 Å². The van der Waals surface area contributed by atoms with E-state index in [0.717, 1.165) is 25.3 Å². The average molecular weight is 355 g/mol. The summed E-state index contributed by atoms with van der Waals surface area (Å²) in [5.41, 5.74) is 3.98. The van der Waals surface area contributed by atoms with Crippen molar-refractivity contribution >= 4 is 5.69 Å². The highest BCUT2D eigenvalue weighted by atomic mass is 16.6. The van der Waals surface area contributed by atoms with Gasteiger partial charge < -0.3 is 19.5 Å². The normalized spacial score (nSPS) is 14.8. The van der Waals surface area contributed by atoms with Gasteiger partial charge >= 0.3 is 0 Å². The fraction of sp³-hybridized carbons (Fsp3) is 0.455. The Kier molecular flexibility index (Phi) is 6.92. The van der Waals surface area contributed by atoms with E-state index in [1.807, 2.05) is 19.1 Å². The van der Waals surface area contributed by atoms with Crippen molar-refractivity contribution in [2.75, 3.05) is 31.2 Å². The number of hydrogen-bond donors (Lipinski definition) is 1. The number of nitrogens with zero attached hydrogens (tertiary/aromatic N) is 1. The highest BCUT2D eigenvalue weighted by Crippen LogP contribution is 2.26. The molecule has 4 nitrogen and oxygen atoms in total. The number of aliphatic hydroxyl groups is 1. The monoisotopic (exact) mass is 355 g/mol. The van der Waals surface area contributed by atoms with Crippen molar-refractivity contribution in [3.63, 3.8) is 0 Å². The van der Waals surface area contributed by atoms with E-state index in [1.54, 1.807) is 0 Å². The summed E-state index contributed by atoms with van der Waals surface area (Å²) < 4.78 is 11.1. The van der Waals surface area contributed by atoms with Crippen molar-refractivity contribution in [1.82, 2.24) is 0 Å². The summed E-state index contributed by atoms with van der Waals surface area (Å²) in [4.78, 5) is 2.42. The van der Waals surface area contributed by atoms with Crippen LogP contribution in [0.4, 0.5) is 5.69 Å². The molecule has 1 aliphatic rings. The summed E-state index contributed by atoms with van der Waals surface area (Å²) in [6, 6.07) is 16.8. The quantitative estimate of drug-likeness (QED) is 0.695. The maximum absolute atomic E-state index is 9.62. The van der Waals surface area contributed by atoms with Crippen LogP contribution in [0.3, 0.4) is 0 Å². The molecule has 1 heterocycles. The van der Waals surface area contributed by atoms with E-state index in [9.17, 15) is 5.11 Å². The SMILES string of the molecule is CCOC(O)CCc1ccc(OCCN2CCCc3ccccc32)cc1. The van der Waals surface area contributed by atoms with Crippen molar-refractivity contribution in [2.24, 2.45) is 0 Å². The fourth-order valence-corrected chi connectivity index (χ4v) is 3.44. The molecule has 0 amide bonds. The van der Waals surface area contributed by atoms with Crippen LogP contribution in [0, 0.1) is 0 Å². The predicted octanol–water partition coefficient (Wildman–Crippen LogP) is 3.81. The minimum atomic E-state index is -0.677. The van der Waals surface area contributed by atoms with Gasteiger partial charge in [0.1, 0.15) is 12.4 Å². The van der Waals surface area contributed by atoms with Crippen LogP contribution in [0.25, 0.3) is 0 Å². The van der Waals surface area contributed by atoms with Gasteiger partial charge in [-0.3, -0.25) is 0 Å². The van der Waals surface area contributed by atoms with Gasteiger partial charge in [0, 0.05) is 25.3 Å². The van der Waals surface area contributed by atoms with Gasteiger partial charge in [0.05, 0.1) is 6.54 Å². The number of ether oxygens (including phenoxy) is 2. The van der Waals surface area contributed by atoms with Gasteiger partial charge in [-0.1, -0.05) is 30.3 Å². The third kappa shape index (κ3) is 5.23. The second kappa shape index (κ2) is 9.60. The Balaban J connectivity index is 1.44. The Morgan fingerprint density at radius 1 is 1.12 bits per heavy atom. The number of rotatable bonds is 9. The zero-order valence-corrected chi connectivity index (χ0v) is 15.6. The first-order valence-corrected chi connectivity index (χ1v) is 9.60. The molecule has 2 aromatic carbocycles. The summed E-state index contributed by atoms with van der Waals surface area (Å²) in [6.07, 6.45) is 3.11. The van der Waals surface area contributed by atoms with E-state index in [1.165, 1.54) is 29.7 Å². The molecule has 2 aromatic rings. The lowest BCUT2D eigenvalue weighted by Gasteiger charge is -2.31. The van der Waals surface area contributed by atoms with E-state index in [4.69, 9.17) is 9.47 Å². The van der Waals surface area contributed by atoms with Crippen LogP contribution < -0.4 is 9.64 Å². The molecule has 1 unspecified atom stereocenters. The van der Waals surface area contributed by atoms with Gasteiger partial charge in [0.15, 0.2) is 6.29 Å². The Hall–Kier alpha value is -2.04. The Bertz CT molecular complexity index is 671. The molecule has 4 heteroatoms. The Morgan fingerprint density at radius 2 is 1.92 bits per heavy atom. The molecule has 1 aliphatic heterocycles.